The molecule has 1 aromatic carbocycles. The van der Waals surface area contributed by atoms with Crippen molar-refractivity contribution in [3.63, 3.8) is 0 Å². The largest absolute Gasteiger partial charge is 0.393 e. The number of aliphatic hydroxyl groups excluding tert-OH is 1. The third kappa shape index (κ3) is 6.22. The number of piperazine rings is 1. The van der Waals surface area contributed by atoms with Gasteiger partial charge in [-0.25, -0.2) is 9.97 Å². The second-order valence-electron chi connectivity index (χ2n) is 9.49. The third-order valence-electron chi connectivity index (χ3n) is 6.79. The number of hydrogen-bond acceptors (Lipinski definition) is 8. The number of carbonyl (C=O) groups excluding carboxylic acids is 1. The predicted octanol–water partition coefficient (Wildman–Crippen LogP) is 2.34. The molecule has 5 N–H and O–H groups in total. The molecule has 34 heavy (non-hydrogen) atoms. The van der Waals surface area contributed by atoms with Crippen LogP contribution >= 0.6 is 0 Å². The average Bonchev–Trinajstić information content (AvgIpc) is 2.83. The molecule has 0 spiro atoms. The molecular formula is C25H37N7O2. The van der Waals surface area contributed by atoms with Crippen LogP contribution in [0.5, 0.6) is 0 Å². The highest BCUT2D eigenvalue weighted by molar-refractivity contribution is 5.96. The number of anilines is 3. The molecule has 0 radical (unpaired) electrons. The first-order valence-electron chi connectivity index (χ1n) is 12.3. The van der Waals surface area contributed by atoms with Crippen LogP contribution in [0.2, 0.25) is 0 Å². The number of benzene rings is 1. The summed E-state index contributed by atoms with van der Waals surface area (Å²) in [6, 6.07) is 8.43. The van der Waals surface area contributed by atoms with E-state index in [9.17, 15) is 9.90 Å². The minimum absolute atomic E-state index is 0.142. The minimum Gasteiger partial charge on any atom is -0.393 e. The van der Waals surface area contributed by atoms with Crippen molar-refractivity contribution in [2.24, 2.45) is 5.73 Å². The number of rotatable bonds is 8. The number of likely N-dealkylation sites (N-methyl/N-ethyl adjacent to an activating group) is 1. The maximum atomic E-state index is 12.1. The van der Waals surface area contributed by atoms with Crippen molar-refractivity contribution in [1.29, 1.82) is 0 Å². The molecule has 2 heterocycles. The van der Waals surface area contributed by atoms with E-state index < -0.39 is 5.91 Å². The second kappa shape index (κ2) is 11.1. The highest BCUT2D eigenvalue weighted by Gasteiger charge is 2.23. The van der Waals surface area contributed by atoms with Crippen LogP contribution in [0, 0.1) is 0 Å². The van der Waals surface area contributed by atoms with Crippen LogP contribution in [-0.4, -0.2) is 76.2 Å². The number of nitrogens with one attached hydrogen (secondary N) is 2. The van der Waals surface area contributed by atoms with Crippen molar-refractivity contribution in [2.75, 3.05) is 43.9 Å². The quantitative estimate of drug-likeness (QED) is 0.467. The fourth-order valence-electron chi connectivity index (χ4n) is 4.60. The summed E-state index contributed by atoms with van der Waals surface area (Å²) in [4.78, 5) is 26.2. The standard InChI is InChI=1S/C25H37N7O2/c1-3-21-24(27-19-8-10-20(33)11-9-19)30-25(22(29-21)23(26)34)28-18-6-4-17(5-7-18)16-32-14-12-31(2)13-15-32/h4-7,19-20,33H,3,8-16H2,1-2H3,(H2,26,34)(H2,27,28,30). The maximum Gasteiger partial charge on any atom is 0.271 e. The van der Waals surface area contributed by atoms with E-state index in [0.717, 1.165) is 64.1 Å². The van der Waals surface area contributed by atoms with E-state index in [1.807, 2.05) is 19.1 Å². The zero-order valence-corrected chi connectivity index (χ0v) is 20.3. The van der Waals surface area contributed by atoms with Crippen molar-refractivity contribution >= 4 is 23.2 Å². The number of nitrogens with two attached hydrogens (primary N) is 1. The lowest BCUT2D eigenvalue weighted by atomic mass is 9.93. The Morgan fingerprint density at radius 1 is 1.06 bits per heavy atom. The maximum absolute atomic E-state index is 12.1. The SMILES string of the molecule is CCc1nc(C(N)=O)c(Nc2ccc(CN3CCN(C)CC3)cc2)nc1NC1CCC(O)CC1. The number of aromatic nitrogens is 2. The Morgan fingerprint density at radius 3 is 2.35 bits per heavy atom. The molecule has 184 valence electrons. The van der Waals surface area contributed by atoms with Gasteiger partial charge in [-0.15, -0.1) is 0 Å². The molecule has 1 aromatic heterocycles. The normalized spacial score (nSPS) is 21.9. The fraction of sp³-hybridized carbons (Fsp3) is 0.560. The van der Waals surface area contributed by atoms with Crippen molar-refractivity contribution in [3.8, 4) is 0 Å². The summed E-state index contributed by atoms with van der Waals surface area (Å²) in [7, 11) is 2.16. The van der Waals surface area contributed by atoms with Gasteiger partial charge < -0.3 is 26.4 Å². The first-order chi connectivity index (χ1) is 16.4. The number of hydrogen-bond donors (Lipinski definition) is 4. The summed E-state index contributed by atoms with van der Waals surface area (Å²) in [5, 5.41) is 16.5. The smallest absolute Gasteiger partial charge is 0.271 e. The summed E-state index contributed by atoms with van der Waals surface area (Å²) < 4.78 is 0. The molecule has 2 fully saturated rings. The van der Waals surface area contributed by atoms with E-state index in [1.54, 1.807) is 0 Å². The van der Waals surface area contributed by atoms with Crippen LogP contribution in [0.4, 0.5) is 17.3 Å². The Hall–Kier alpha value is -2.75. The molecule has 0 atom stereocenters. The first kappa shape index (κ1) is 24.4. The molecule has 9 nitrogen and oxygen atoms in total. The van der Waals surface area contributed by atoms with Crippen molar-refractivity contribution in [2.45, 2.75) is 57.7 Å². The number of aryl methyl sites for hydroxylation is 1. The van der Waals surface area contributed by atoms with Gasteiger partial charge in [0.2, 0.25) is 0 Å². The Morgan fingerprint density at radius 2 is 1.74 bits per heavy atom. The summed E-state index contributed by atoms with van der Waals surface area (Å²) in [5.41, 5.74) is 8.58. The van der Waals surface area contributed by atoms with Crippen molar-refractivity contribution in [1.82, 2.24) is 19.8 Å². The molecule has 2 aromatic rings. The molecule has 9 heteroatoms. The highest BCUT2D eigenvalue weighted by atomic mass is 16.3. The molecule has 4 rings (SSSR count). The minimum atomic E-state index is -0.608. The lowest BCUT2D eigenvalue weighted by Crippen LogP contribution is -2.43. The van der Waals surface area contributed by atoms with Crippen LogP contribution in [0.1, 0.15) is 54.4 Å². The monoisotopic (exact) mass is 467 g/mol. The van der Waals surface area contributed by atoms with Gasteiger partial charge in [0.1, 0.15) is 5.82 Å². The zero-order chi connectivity index (χ0) is 24.1. The highest BCUT2D eigenvalue weighted by Crippen LogP contribution is 2.26. The molecular weight excluding hydrogens is 430 g/mol. The molecule has 1 saturated carbocycles. The van der Waals surface area contributed by atoms with Gasteiger partial charge in [0.05, 0.1) is 11.8 Å². The molecule has 2 aliphatic rings. The van der Waals surface area contributed by atoms with E-state index in [-0.39, 0.29) is 17.8 Å². The summed E-state index contributed by atoms with van der Waals surface area (Å²) in [5.74, 6) is 0.418. The van der Waals surface area contributed by atoms with Gasteiger partial charge in [-0.2, -0.15) is 0 Å². The Kier molecular flexibility index (Phi) is 7.97. The van der Waals surface area contributed by atoms with Crippen LogP contribution in [0.15, 0.2) is 24.3 Å². The molecule has 0 unspecified atom stereocenters. The van der Waals surface area contributed by atoms with Gasteiger partial charge in [0.15, 0.2) is 11.5 Å². The fourth-order valence-corrected chi connectivity index (χ4v) is 4.60. The number of primary amides is 1. The van der Waals surface area contributed by atoms with E-state index in [1.165, 1.54) is 5.56 Å². The molecule has 1 aliphatic carbocycles. The number of amides is 1. The van der Waals surface area contributed by atoms with E-state index >= 15 is 0 Å². The molecule has 0 bridgehead atoms. The molecule has 1 saturated heterocycles. The van der Waals surface area contributed by atoms with E-state index in [0.29, 0.717) is 23.8 Å². The van der Waals surface area contributed by atoms with Gasteiger partial charge >= 0.3 is 0 Å². The lowest BCUT2D eigenvalue weighted by molar-refractivity contribution is 0.0996. The summed E-state index contributed by atoms with van der Waals surface area (Å²) in [6.45, 7) is 7.26. The van der Waals surface area contributed by atoms with Gasteiger partial charge in [-0.05, 0) is 56.8 Å². The number of nitrogens with zero attached hydrogens (tertiary/aromatic N) is 4. The van der Waals surface area contributed by atoms with E-state index in [2.05, 4.69) is 44.6 Å². The van der Waals surface area contributed by atoms with Crippen molar-refractivity contribution in [3.05, 3.63) is 41.2 Å². The van der Waals surface area contributed by atoms with E-state index in [4.69, 9.17) is 10.7 Å². The van der Waals surface area contributed by atoms with Crippen LogP contribution in [0.3, 0.4) is 0 Å². The van der Waals surface area contributed by atoms with Crippen LogP contribution in [0.25, 0.3) is 0 Å². The molecule has 1 aliphatic heterocycles. The Balaban J connectivity index is 1.48. The number of carbonyl (C=O) groups is 1. The predicted molar refractivity (Wildman–Crippen MR) is 134 cm³/mol. The Bertz CT molecular complexity index is 966. The van der Waals surface area contributed by atoms with Gasteiger partial charge in [0.25, 0.3) is 5.91 Å². The summed E-state index contributed by atoms with van der Waals surface area (Å²) in [6.07, 6.45) is 3.71. The molecule has 1 amide bonds. The van der Waals surface area contributed by atoms with Crippen molar-refractivity contribution < 1.29 is 9.90 Å². The summed E-state index contributed by atoms with van der Waals surface area (Å²) >= 11 is 0. The second-order valence-corrected chi connectivity index (χ2v) is 9.49. The third-order valence-corrected chi connectivity index (χ3v) is 6.79. The average molecular weight is 468 g/mol. The first-order valence-corrected chi connectivity index (χ1v) is 12.3. The van der Waals surface area contributed by atoms with Gasteiger partial charge in [-0.3, -0.25) is 9.69 Å². The lowest BCUT2D eigenvalue weighted by Gasteiger charge is -2.32. The Labute approximate surface area is 201 Å². The van der Waals surface area contributed by atoms with Gasteiger partial charge in [0, 0.05) is 44.5 Å². The van der Waals surface area contributed by atoms with Gasteiger partial charge in [-0.1, -0.05) is 19.1 Å². The number of aliphatic hydroxyl groups is 1. The van der Waals surface area contributed by atoms with Crippen LogP contribution in [-0.2, 0) is 13.0 Å². The topological polar surface area (TPSA) is 120 Å². The zero-order valence-electron chi connectivity index (χ0n) is 20.3. The van der Waals surface area contributed by atoms with Crippen LogP contribution < -0.4 is 16.4 Å².